The van der Waals surface area contributed by atoms with E-state index in [-0.39, 0.29) is 5.91 Å². The minimum Gasteiger partial charge on any atom is -0.497 e. The molecule has 2 atom stereocenters. The van der Waals surface area contributed by atoms with Crippen LogP contribution in [-0.4, -0.2) is 49.7 Å². The van der Waals surface area contributed by atoms with Crippen molar-refractivity contribution in [1.29, 1.82) is 0 Å². The second-order valence-corrected chi connectivity index (χ2v) is 6.93. The van der Waals surface area contributed by atoms with Gasteiger partial charge in [-0.15, -0.1) is 0 Å². The van der Waals surface area contributed by atoms with Gasteiger partial charge in [-0.1, -0.05) is 26.3 Å². The molecular weight excluding hydrogens is 328 g/mol. The van der Waals surface area contributed by atoms with E-state index < -0.39 is 6.10 Å². The zero-order chi connectivity index (χ0) is 18.8. The number of carbonyl (C=O) groups excluding carboxylic acids is 1. The highest BCUT2D eigenvalue weighted by atomic mass is 16.5. The Balaban J connectivity index is 1.74. The average Bonchev–Trinajstić information content (AvgIpc) is 2.69. The van der Waals surface area contributed by atoms with Crippen LogP contribution in [0.2, 0.25) is 0 Å². The number of benzene rings is 1. The Morgan fingerprint density at radius 3 is 2.85 bits per heavy atom. The van der Waals surface area contributed by atoms with Crippen LogP contribution in [0.3, 0.4) is 0 Å². The Hall–Kier alpha value is -1.75. The van der Waals surface area contributed by atoms with Crippen molar-refractivity contribution in [2.75, 3.05) is 26.7 Å². The summed E-state index contributed by atoms with van der Waals surface area (Å²) in [5.74, 6) is 1.34. The molecule has 1 saturated heterocycles. The molecule has 0 unspecified atom stereocenters. The Bertz CT molecular complexity index is 550. The number of rotatable bonds is 10. The van der Waals surface area contributed by atoms with Crippen molar-refractivity contribution in [3.05, 3.63) is 24.3 Å². The van der Waals surface area contributed by atoms with Crippen LogP contribution in [0.1, 0.15) is 52.4 Å². The van der Waals surface area contributed by atoms with Crippen LogP contribution in [0.5, 0.6) is 11.5 Å². The van der Waals surface area contributed by atoms with E-state index in [4.69, 9.17) is 9.47 Å². The standard InChI is InChI=1S/C21H34N2O3/c1-4-17-10-6-7-14-23(17)15-9-13-22-21(24)20(5-2)26-19-12-8-11-18(16-19)25-3/h8,11-12,16-17,20H,4-7,9-10,13-15H2,1-3H3,(H,22,24)/t17-,20+/m1/s1. The van der Waals surface area contributed by atoms with Crippen LogP contribution >= 0.6 is 0 Å². The molecular formula is C21H34N2O3. The summed E-state index contributed by atoms with van der Waals surface area (Å²) >= 11 is 0. The first-order valence-electron chi connectivity index (χ1n) is 10.00. The van der Waals surface area contributed by atoms with Crippen molar-refractivity contribution >= 4 is 5.91 Å². The largest absolute Gasteiger partial charge is 0.497 e. The molecule has 1 aliphatic heterocycles. The first-order valence-corrected chi connectivity index (χ1v) is 10.00. The Kier molecular flexibility index (Phi) is 8.75. The number of nitrogens with one attached hydrogen (secondary N) is 1. The summed E-state index contributed by atoms with van der Waals surface area (Å²) in [4.78, 5) is 15.0. The third kappa shape index (κ3) is 6.20. The molecule has 5 nitrogen and oxygen atoms in total. The maximum absolute atomic E-state index is 12.4. The summed E-state index contributed by atoms with van der Waals surface area (Å²) in [6.45, 7) is 7.19. The monoisotopic (exact) mass is 362 g/mol. The maximum Gasteiger partial charge on any atom is 0.261 e. The molecule has 26 heavy (non-hydrogen) atoms. The van der Waals surface area contributed by atoms with Gasteiger partial charge in [-0.25, -0.2) is 0 Å². The van der Waals surface area contributed by atoms with Crippen molar-refractivity contribution in [1.82, 2.24) is 10.2 Å². The summed E-state index contributed by atoms with van der Waals surface area (Å²) in [5.41, 5.74) is 0. The van der Waals surface area contributed by atoms with E-state index in [0.29, 0.717) is 18.7 Å². The second kappa shape index (κ2) is 11.1. The third-order valence-electron chi connectivity index (χ3n) is 5.12. The topological polar surface area (TPSA) is 50.8 Å². The molecule has 1 aliphatic rings. The van der Waals surface area contributed by atoms with E-state index in [9.17, 15) is 4.79 Å². The lowest BCUT2D eigenvalue weighted by Gasteiger charge is -2.35. The summed E-state index contributed by atoms with van der Waals surface area (Å²) in [6, 6.07) is 8.09. The molecule has 146 valence electrons. The minimum absolute atomic E-state index is 0.0407. The van der Waals surface area contributed by atoms with E-state index in [1.165, 1.54) is 32.2 Å². The van der Waals surface area contributed by atoms with Crippen LogP contribution in [-0.2, 0) is 4.79 Å². The predicted octanol–water partition coefficient (Wildman–Crippen LogP) is 3.62. The quantitative estimate of drug-likeness (QED) is 0.646. The van der Waals surface area contributed by atoms with E-state index in [0.717, 1.165) is 24.8 Å². The highest BCUT2D eigenvalue weighted by Gasteiger charge is 2.21. The van der Waals surface area contributed by atoms with Crippen LogP contribution in [0, 0.1) is 0 Å². The lowest BCUT2D eigenvalue weighted by atomic mass is 10.00. The first kappa shape index (κ1) is 20.6. The number of likely N-dealkylation sites (tertiary alicyclic amines) is 1. The van der Waals surface area contributed by atoms with Crippen molar-refractivity contribution in [3.8, 4) is 11.5 Å². The smallest absolute Gasteiger partial charge is 0.261 e. The molecule has 0 radical (unpaired) electrons. The van der Waals surface area contributed by atoms with Gasteiger partial charge in [-0.3, -0.25) is 4.79 Å². The lowest BCUT2D eigenvalue weighted by molar-refractivity contribution is -0.128. The second-order valence-electron chi connectivity index (χ2n) is 6.93. The predicted molar refractivity (Wildman–Crippen MR) is 105 cm³/mol. The number of carbonyl (C=O) groups is 1. The molecule has 1 amide bonds. The molecule has 1 N–H and O–H groups in total. The van der Waals surface area contributed by atoms with Gasteiger partial charge in [-0.2, -0.15) is 0 Å². The van der Waals surface area contributed by atoms with Gasteiger partial charge < -0.3 is 19.7 Å². The molecule has 1 aromatic rings. The Morgan fingerprint density at radius 2 is 2.12 bits per heavy atom. The molecule has 2 rings (SSSR count). The fourth-order valence-electron chi connectivity index (χ4n) is 3.59. The molecule has 0 spiro atoms. The zero-order valence-electron chi connectivity index (χ0n) is 16.5. The number of ether oxygens (including phenoxy) is 2. The SMILES string of the molecule is CC[C@@H]1CCCCN1CCCNC(=O)[C@H](CC)Oc1cccc(OC)c1. The van der Waals surface area contributed by atoms with Crippen LogP contribution in [0.15, 0.2) is 24.3 Å². The van der Waals surface area contributed by atoms with Gasteiger partial charge in [0.1, 0.15) is 11.5 Å². The number of piperidine rings is 1. The van der Waals surface area contributed by atoms with Gasteiger partial charge in [0.15, 0.2) is 6.10 Å². The molecule has 0 saturated carbocycles. The highest BCUT2D eigenvalue weighted by Crippen LogP contribution is 2.21. The summed E-state index contributed by atoms with van der Waals surface area (Å²) in [6.07, 6.45) is 6.33. The van der Waals surface area contributed by atoms with Gasteiger partial charge >= 0.3 is 0 Å². The van der Waals surface area contributed by atoms with Crippen LogP contribution in [0.25, 0.3) is 0 Å². The number of nitrogens with zero attached hydrogens (tertiary/aromatic N) is 1. The van der Waals surface area contributed by atoms with E-state index in [1.807, 2.05) is 25.1 Å². The van der Waals surface area contributed by atoms with Crippen LogP contribution < -0.4 is 14.8 Å². The number of hydrogen-bond acceptors (Lipinski definition) is 4. The fraction of sp³-hybridized carbons (Fsp3) is 0.667. The molecule has 0 bridgehead atoms. The normalized spacial score (nSPS) is 19.0. The molecule has 5 heteroatoms. The molecule has 0 aliphatic carbocycles. The summed E-state index contributed by atoms with van der Waals surface area (Å²) < 4.78 is 11.0. The Morgan fingerprint density at radius 1 is 1.31 bits per heavy atom. The van der Waals surface area contributed by atoms with Crippen LogP contribution in [0.4, 0.5) is 0 Å². The van der Waals surface area contributed by atoms with Crippen molar-refractivity contribution in [3.63, 3.8) is 0 Å². The van der Waals surface area contributed by atoms with Gasteiger partial charge in [0.2, 0.25) is 0 Å². The number of hydrogen-bond donors (Lipinski definition) is 1. The lowest BCUT2D eigenvalue weighted by Crippen LogP contribution is -2.42. The molecule has 1 heterocycles. The summed E-state index contributed by atoms with van der Waals surface area (Å²) in [5, 5.41) is 3.03. The van der Waals surface area contributed by atoms with Gasteiger partial charge in [0.25, 0.3) is 5.91 Å². The van der Waals surface area contributed by atoms with E-state index in [2.05, 4.69) is 17.1 Å². The molecule has 0 aromatic heterocycles. The van der Waals surface area contributed by atoms with Crippen molar-refractivity contribution < 1.29 is 14.3 Å². The summed E-state index contributed by atoms with van der Waals surface area (Å²) in [7, 11) is 1.62. The number of methoxy groups -OCH3 is 1. The van der Waals surface area contributed by atoms with Gasteiger partial charge in [0.05, 0.1) is 7.11 Å². The molecule has 1 fully saturated rings. The zero-order valence-corrected chi connectivity index (χ0v) is 16.5. The Labute approximate surface area is 158 Å². The van der Waals surface area contributed by atoms with E-state index >= 15 is 0 Å². The first-order chi connectivity index (χ1) is 12.7. The highest BCUT2D eigenvalue weighted by molar-refractivity contribution is 5.81. The fourth-order valence-corrected chi connectivity index (χ4v) is 3.59. The molecule has 1 aromatic carbocycles. The van der Waals surface area contributed by atoms with E-state index in [1.54, 1.807) is 13.2 Å². The average molecular weight is 363 g/mol. The number of amides is 1. The maximum atomic E-state index is 12.4. The van der Waals surface area contributed by atoms with Crippen molar-refractivity contribution in [2.45, 2.75) is 64.5 Å². The third-order valence-corrected chi connectivity index (χ3v) is 5.12. The van der Waals surface area contributed by atoms with Gasteiger partial charge in [0, 0.05) is 25.2 Å². The van der Waals surface area contributed by atoms with Gasteiger partial charge in [-0.05, 0) is 50.8 Å². The minimum atomic E-state index is -0.472. The van der Waals surface area contributed by atoms with Crippen molar-refractivity contribution in [2.24, 2.45) is 0 Å².